The van der Waals surface area contributed by atoms with Crippen LogP contribution in [0.2, 0.25) is 0 Å². The molecule has 0 aromatic carbocycles. The lowest BCUT2D eigenvalue weighted by atomic mass is 9.92. The maximum atomic E-state index is 6.01. The van der Waals surface area contributed by atoms with Crippen LogP contribution in [0, 0.1) is 6.92 Å². The molecule has 1 saturated heterocycles. The summed E-state index contributed by atoms with van der Waals surface area (Å²) in [4.78, 5) is 2.39. The van der Waals surface area contributed by atoms with Gasteiger partial charge in [-0.1, -0.05) is 39.5 Å². The van der Waals surface area contributed by atoms with Gasteiger partial charge in [0.2, 0.25) is 0 Å². The lowest BCUT2D eigenvalue weighted by Crippen LogP contribution is -2.23. The fourth-order valence-corrected chi connectivity index (χ4v) is 3.31. The predicted octanol–water partition coefficient (Wildman–Crippen LogP) is 4.04. The fraction of sp³-hybridized carbons (Fsp3) is 0.765. The third-order valence-electron chi connectivity index (χ3n) is 4.67. The fourth-order valence-electron chi connectivity index (χ4n) is 3.31. The zero-order chi connectivity index (χ0) is 15.2. The molecule has 4 nitrogen and oxygen atoms in total. The van der Waals surface area contributed by atoms with E-state index in [-0.39, 0.29) is 0 Å². The second-order valence-electron chi connectivity index (χ2n) is 6.39. The van der Waals surface area contributed by atoms with E-state index in [1.807, 2.05) is 0 Å². The molecule has 1 aromatic rings. The molecular formula is C17H30N4. The van der Waals surface area contributed by atoms with E-state index in [4.69, 9.17) is 5.73 Å². The molecule has 1 fully saturated rings. The summed E-state index contributed by atoms with van der Waals surface area (Å²) in [6.07, 6.45) is 8.97. The van der Waals surface area contributed by atoms with Crippen LogP contribution >= 0.6 is 0 Å². The normalized spacial score (nSPS) is 16.4. The second kappa shape index (κ2) is 7.62. The molecule has 2 N–H and O–H groups in total. The first-order valence-electron chi connectivity index (χ1n) is 8.52. The maximum Gasteiger partial charge on any atom is 0.155 e. The lowest BCUT2D eigenvalue weighted by Gasteiger charge is -2.24. The Balaban J connectivity index is 2.16. The van der Waals surface area contributed by atoms with Crippen LogP contribution in [0.5, 0.6) is 0 Å². The molecule has 0 spiro atoms. The van der Waals surface area contributed by atoms with Crippen molar-refractivity contribution < 1.29 is 0 Å². The molecular weight excluding hydrogens is 260 g/mol. The van der Waals surface area contributed by atoms with Crippen molar-refractivity contribution in [2.45, 2.75) is 71.6 Å². The van der Waals surface area contributed by atoms with Gasteiger partial charge in [0.05, 0.1) is 0 Å². The number of hydrogen-bond acceptors (Lipinski definition) is 4. The Kier molecular flexibility index (Phi) is 5.83. The molecule has 4 heteroatoms. The van der Waals surface area contributed by atoms with Crippen molar-refractivity contribution in [2.75, 3.05) is 23.7 Å². The summed E-state index contributed by atoms with van der Waals surface area (Å²) in [5.74, 6) is 2.19. The molecule has 1 atom stereocenters. The Morgan fingerprint density at radius 3 is 2.52 bits per heavy atom. The van der Waals surface area contributed by atoms with Crippen LogP contribution in [0.15, 0.2) is 0 Å². The average molecular weight is 290 g/mol. The van der Waals surface area contributed by atoms with Gasteiger partial charge in [-0.05, 0) is 32.1 Å². The van der Waals surface area contributed by atoms with Crippen molar-refractivity contribution >= 4 is 11.6 Å². The third kappa shape index (κ3) is 3.86. The molecule has 0 aliphatic carbocycles. The van der Waals surface area contributed by atoms with Gasteiger partial charge in [0.25, 0.3) is 0 Å². The summed E-state index contributed by atoms with van der Waals surface area (Å²) in [7, 11) is 0. The van der Waals surface area contributed by atoms with Gasteiger partial charge in [-0.3, -0.25) is 0 Å². The van der Waals surface area contributed by atoms with Gasteiger partial charge < -0.3 is 10.6 Å². The van der Waals surface area contributed by atoms with Crippen molar-refractivity contribution in [1.82, 2.24) is 10.2 Å². The van der Waals surface area contributed by atoms with E-state index in [2.05, 4.69) is 35.9 Å². The van der Waals surface area contributed by atoms with E-state index in [9.17, 15) is 0 Å². The van der Waals surface area contributed by atoms with Crippen LogP contribution in [0.3, 0.4) is 0 Å². The maximum absolute atomic E-state index is 6.01. The number of hydrogen-bond donors (Lipinski definition) is 1. The zero-order valence-electron chi connectivity index (χ0n) is 13.9. The van der Waals surface area contributed by atoms with Crippen LogP contribution in [0.4, 0.5) is 11.6 Å². The summed E-state index contributed by atoms with van der Waals surface area (Å²) in [5, 5.41) is 8.60. The first-order valence-corrected chi connectivity index (χ1v) is 8.52. The minimum atomic E-state index is 0.509. The van der Waals surface area contributed by atoms with Crippen LogP contribution < -0.4 is 10.6 Å². The lowest BCUT2D eigenvalue weighted by molar-refractivity contribution is 0.576. The predicted molar refractivity (Wildman–Crippen MR) is 89.8 cm³/mol. The quantitative estimate of drug-likeness (QED) is 0.770. The highest BCUT2D eigenvalue weighted by Gasteiger charge is 2.23. The minimum Gasteiger partial charge on any atom is -0.382 e. The van der Waals surface area contributed by atoms with Crippen molar-refractivity contribution in [3.05, 3.63) is 11.1 Å². The Hall–Kier alpha value is -1.32. The van der Waals surface area contributed by atoms with Gasteiger partial charge in [0, 0.05) is 24.2 Å². The highest BCUT2D eigenvalue weighted by molar-refractivity contribution is 5.57. The Morgan fingerprint density at radius 2 is 1.86 bits per heavy atom. The second-order valence-corrected chi connectivity index (χ2v) is 6.39. The third-order valence-corrected chi connectivity index (χ3v) is 4.67. The molecule has 2 heterocycles. The first kappa shape index (κ1) is 16.1. The van der Waals surface area contributed by atoms with Gasteiger partial charge >= 0.3 is 0 Å². The van der Waals surface area contributed by atoms with Crippen LogP contribution in [-0.2, 0) is 0 Å². The van der Waals surface area contributed by atoms with E-state index in [0.717, 1.165) is 24.5 Å². The van der Waals surface area contributed by atoms with Gasteiger partial charge in [0.1, 0.15) is 5.82 Å². The Labute approximate surface area is 129 Å². The number of aromatic nitrogens is 2. The molecule has 1 aliphatic rings. The van der Waals surface area contributed by atoms with E-state index < -0.39 is 0 Å². The topological polar surface area (TPSA) is 55.0 Å². The average Bonchev–Trinajstić information content (AvgIpc) is 3.00. The number of nitrogens with zero attached hydrogens (tertiary/aromatic N) is 3. The summed E-state index contributed by atoms with van der Waals surface area (Å²) >= 11 is 0. The van der Waals surface area contributed by atoms with E-state index in [1.165, 1.54) is 50.5 Å². The molecule has 1 unspecified atom stereocenters. The monoisotopic (exact) mass is 290 g/mol. The van der Waals surface area contributed by atoms with Crippen LogP contribution in [0.1, 0.15) is 75.8 Å². The number of anilines is 2. The van der Waals surface area contributed by atoms with Crippen molar-refractivity contribution in [3.8, 4) is 0 Å². The molecule has 2 rings (SSSR count). The molecule has 0 bridgehead atoms. The van der Waals surface area contributed by atoms with Gasteiger partial charge in [0.15, 0.2) is 5.82 Å². The molecule has 21 heavy (non-hydrogen) atoms. The summed E-state index contributed by atoms with van der Waals surface area (Å²) < 4.78 is 0. The molecule has 0 amide bonds. The SMILES string of the molecule is CCCCCCC(C)c1c(N2CCCC2)nnc(N)c1C. The zero-order valence-corrected chi connectivity index (χ0v) is 13.9. The number of nitrogen functional groups attached to an aromatic ring is 1. The Bertz CT molecular complexity index is 452. The summed E-state index contributed by atoms with van der Waals surface area (Å²) in [5.41, 5.74) is 8.48. The molecule has 0 radical (unpaired) electrons. The van der Waals surface area contributed by atoms with Crippen molar-refractivity contribution in [2.24, 2.45) is 0 Å². The Morgan fingerprint density at radius 1 is 1.14 bits per heavy atom. The highest BCUT2D eigenvalue weighted by atomic mass is 15.3. The van der Waals surface area contributed by atoms with Gasteiger partial charge in [-0.2, -0.15) is 0 Å². The van der Waals surface area contributed by atoms with Crippen LogP contribution in [-0.4, -0.2) is 23.3 Å². The number of rotatable bonds is 7. The minimum absolute atomic E-state index is 0.509. The van der Waals surface area contributed by atoms with E-state index >= 15 is 0 Å². The van der Waals surface area contributed by atoms with Crippen molar-refractivity contribution in [1.29, 1.82) is 0 Å². The van der Waals surface area contributed by atoms with Crippen molar-refractivity contribution in [3.63, 3.8) is 0 Å². The van der Waals surface area contributed by atoms with E-state index in [0.29, 0.717) is 11.7 Å². The number of unbranched alkanes of at least 4 members (excludes halogenated alkanes) is 3. The number of nitrogens with two attached hydrogens (primary N) is 1. The van der Waals surface area contributed by atoms with Gasteiger partial charge in [-0.25, -0.2) is 0 Å². The molecule has 1 aliphatic heterocycles. The molecule has 0 saturated carbocycles. The molecule has 118 valence electrons. The van der Waals surface area contributed by atoms with Gasteiger partial charge in [-0.15, -0.1) is 10.2 Å². The standard InChI is InChI=1S/C17H30N4/c1-4-5-6-7-10-13(2)15-14(3)16(18)19-20-17(15)21-11-8-9-12-21/h13H,4-12H2,1-3H3,(H2,18,19). The smallest absolute Gasteiger partial charge is 0.155 e. The largest absolute Gasteiger partial charge is 0.382 e. The summed E-state index contributed by atoms with van der Waals surface area (Å²) in [6, 6.07) is 0. The molecule has 1 aromatic heterocycles. The summed E-state index contributed by atoms with van der Waals surface area (Å²) in [6.45, 7) is 8.88. The highest BCUT2D eigenvalue weighted by Crippen LogP contribution is 2.34. The van der Waals surface area contributed by atoms with E-state index in [1.54, 1.807) is 0 Å². The first-order chi connectivity index (χ1) is 10.1. The van der Waals surface area contributed by atoms with Crippen LogP contribution in [0.25, 0.3) is 0 Å².